The van der Waals surface area contributed by atoms with Crippen molar-refractivity contribution in [3.63, 3.8) is 0 Å². The highest BCUT2D eigenvalue weighted by Gasteiger charge is 2.29. The van der Waals surface area contributed by atoms with Gasteiger partial charge in [-0.05, 0) is 24.8 Å². The predicted octanol–water partition coefficient (Wildman–Crippen LogP) is 1.59. The van der Waals surface area contributed by atoms with Gasteiger partial charge >= 0.3 is 6.09 Å². The maximum atomic E-state index is 12.4. The fraction of sp³-hybridized carbons (Fsp3) is 0.529. The van der Waals surface area contributed by atoms with Crippen molar-refractivity contribution in [2.75, 3.05) is 26.7 Å². The number of likely N-dealkylation sites (tertiary alicyclic amines) is 1. The van der Waals surface area contributed by atoms with Crippen LogP contribution in [0.4, 0.5) is 4.79 Å². The van der Waals surface area contributed by atoms with Crippen LogP contribution in [0.5, 0.6) is 0 Å². The number of amides is 2. The molecule has 0 aromatic heterocycles. The first-order valence-corrected chi connectivity index (χ1v) is 8.03. The lowest BCUT2D eigenvalue weighted by atomic mass is 10.0. The van der Waals surface area contributed by atoms with Gasteiger partial charge in [-0.1, -0.05) is 30.3 Å². The molecule has 1 atom stereocenters. The van der Waals surface area contributed by atoms with E-state index in [1.54, 1.807) is 16.8 Å². The van der Waals surface area contributed by atoms with Crippen molar-refractivity contribution in [2.24, 2.45) is 5.73 Å². The number of likely N-dealkylation sites (N-methyl/N-ethyl adjacent to an activating group) is 1. The minimum absolute atomic E-state index is 0.00692. The second-order valence-electron chi connectivity index (χ2n) is 5.86. The zero-order valence-electron chi connectivity index (χ0n) is 13.6. The van der Waals surface area contributed by atoms with Crippen LogP contribution in [0.2, 0.25) is 0 Å². The molecule has 0 saturated carbocycles. The van der Waals surface area contributed by atoms with Gasteiger partial charge in [0.05, 0.1) is 12.6 Å². The number of hydrogen-bond acceptors (Lipinski definition) is 4. The van der Waals surface area contributed by atoms with Crippen LogP contribution in [0.3, 0.4) is 0 Å². The maximum absolute atomic E-state index is 12.4. The lowest BCUT2D eigenvalue weighted by Crippen LogP contribution is -2.50. The molecule has 2 rings (SSSR count). The molecule has 6 nitrogen and oxygen atoms in total. The molecule has 1 fully saturated rings. The molecular weight excluding hydrogens is 294 g/mol. The number of ether oxygens (including phenoxy) is 1. The molecule has 1 saturated heterocycles. The monoisotopic (exact) mass is 319 g/mol. The molecule has 2 amide bonds. The van der Waals surface area contributed by atoms with Crippen LogP contribution in [0.25, 0.3) is 0 Å². The van der Waals surface area contributed by atoms with Crippen molar-refractivity contribution in [1.29, 1.82) is 0 Å². The Labute approximate surface area is 137 Å². The van der Waals surface area contributed by atoms with Gasteiger partial charge in [-0.2, -0.15) is 0 Å². The number of nitrogens with two attached hydrogens (primary N) is 1. The molecule has 1 heterocycles. The van der Waals surface area contributed by atoms with Gasteiger partial charge in [0.25, 0.3) is 0 Å². The Bertz CT molecular complexity index is 521. The standard InChI is InChI=1S/C17H25N3O3/c1-19(16(21)11-18)12-15-9-5-6-10-20(15)17(22)23-13-14-7-3-2-4-8-14/h2-4,7-8,15H,5-6,9-13,18H2,1H3/t15-/m1/s1. The largest absolute Gasteiger partial charge is 0.445 e. The number of hydrogen-bond donors (Lipinski definition) is 1. The summed E-state index contributed by atoms with van der Waals surface area (Å²) in [6.45, 7) is 1.42. The van der Waals surface area contributed by atoms with Crippen LogP contribution in [0, 0.1) is 0 Å². The van der Waals surface area contributed by atoms with Gasteiger partial charge in [0, 0.05) is 20.1 Å². The third-order valence-corrected chi connectivity index (χ3v) is 4.15. The highest BCUT2D eigenvalue weighted by atomic mass is 16.6. The van der Waals surface area contributed by atoms with Crippen molar-refractivity contribution in [1.82, 2.24) is 9.80 Å². The third-order valence-electron chi connectivity index (χ3n) is 4.15. The fourth-order valence-electron chi connectivity index (χ4n) is 2.81. The van der Waals surface area contributed by atoms with Crippen LogP contribution in [-0.2, 0) is 16.1 Å². The molecule has 1 aliphatic heterocycles. The second kappa shape index (κ2) is 8.53. The van der Waals surface area contributed by atoms with Crippen molar-refractivity contribution < 1.29 is 14.3 Å². The smallest absolute Gasteiger partial charge is 0.410 e. The Balaban J connectivity index is 1.91. The van der Waals surface area contributed by atoms with Gasteiger partial charge in [-0.3, -0.25) is 4.79 Å². The number of rotatable bonds is 5. The number of carbonyl (C=O) groups is 2. The van der Waals surface area contributed by atoms with Gasteiger partial charge in [-0.25, -0.2) is 4.79 Å². The first-order valence-electron chi connectivity index (χ1n) is 8.03. The topological polar surface area (TPSA) is 75.9 Å². The number of nitrogens with zero attached hydrogens (tertiary/aromatic N) is 2. The zero-order chi connectivity index (χ0) is 16.7. The van der Waals surface area contributed by atoms with E-state index in [1.165, 1.54) is 0 Å². The van der Waals surface area contributed by atoms with Gasteiger partial charge in [0.2, 0.25) is 5.91 Å². The lowest BCUT2D eigenvalue weighted by Gasteiger charge is -2.37. The van der Waals surface area contributed by atoms with Crippen LogP contribution < -0.4 is 5.73 Å². The molecule has 1 aromatic carbocycles. The summed E-state index contributed by atoms with van der Waals surface area (Å²) in [4.78, 5) is 27.4. The average molecular weight is 319 g/mol. The molecule has 0 radical (unpaired) electrons. The third kappa shape index (κ3) is 4.96. The summed E-state index contributed by atoms with van der Waals surface area (Å²) in [5.74, 6) is -0.117. The summed E-state index contributed by atoms with van der Waals surface area (Å²) >= 11 is 0. The van der Waals surface area contributed by atoms with Crippen LogP contribution >= 0.6 is 0 Å². The SMILES string of the molecule is CN(C[C@H]1CCCCN1C(=O)OCc1ccccc1)C(=O)CN. The normalized spacial score (nSPS) is 17.7. The molecule has 1 aromatic rings. The minimum atomic E-state index is -0.313. The summed E-state index contributed by atoms with van der Waals surface area (Å²) in [6.07, 6.45) is 2.58. The van der Waals surface area contributed by atoms with Crippen LogP contribution in [0.1, 0.15) is 24.8 Å². The van der Waals surface area contributed by atoms with Gasteiger partial charge in [-0.15, -0.1) is 0 Å². The quantitative estimate of drug-likeness (QED) is 0.894. The van der Waals surface area contributed by atoms with E-state index in [0.717, 1.165) is 24.8 Å². The molecule has 0 aliphatic carbocycles. The van der Waals surface area contributed by atoms with E-state index in [1.807, 2.05) is 30.3 Å². The maximum Gasteiger partial charge on any atom is 0.410 e. The minimum Gasteiger partial charge on any atom is -0.445 e. The summed E-state index contributed by atoms with van der Waals surface area (Å²) in [5, 5.41) is 0. The molecule has 2 N–H and O–H groups in total. The highest BCUT2D eigenvalue weighted by Crippen LogP contribution is 2.19. The molecule has 23 heavy (non-hydrogen) atoms. The van der Waals surface area contributed by atoms with Gasteiger partial charge < -0.3 is 20.3 Å². The van der Waals surface area contributed by atoms with Crippen molar-refractivity contribution in [2.45, 2.75) is 31.9 Å². The van der Waals surface area contributed by atoms with E-state index >= 15 is 0 Å². The van der Waals surface area contributed by atoms with Crippen LogP contribution in [0.15, 0.2) is 30.3 Å². The molecule has 0 bridgehead atoms. The van der Waals surface area contributed by atoms with E-state index in [4.69, 9.17) is 10.5 Å². The fourth-order valence-corrected chi connectivity index (χ4v) is 2.81. The highest BCUT2D eigenvalue weighted by molar-refractivity contribution is 5.77. The van der Waals surface area contributed by atoms with Crippen molar-refractivity contribution in [3.8, 4) is 0 Å². The molecule has 6 heteroatoms. The second-order valence-corrected chi connectivity index (χ2v) is 5.86. The zero-order valence-corrected chi connectivity index (χ0v) is 13.6. The molecule has 1 aliphatic rings. The summed E-state index contributed by atoms with van der Waals surface area (Å²) in [7, 11) is 1.72. The number of piperidine rings is 1. The van der Waals surface area contributed by atoms with Gasteiger partial charge in [0.15, 0.2) is 0 Å². The van der Waals surface area contributed by atoms with E-state index < -0.39 is 0 Å². The molecular formula is C17H25N3O3. The Morgan fingerprint density at radius 2 is 2.04 bits per heavy atom. The first-order chi connectivity index (χ1) is 11.1. The summed E-state index contributed by atoms with van der Waals surface area (Å²) in [5.41, 5.74) is 6.35. The van der Waals surface area contributed by atoms with Gasteiger partial charge in [0.1, 0.15) is 6.61 Å². The Morgan fingerprint density at radius 3 is 2.74 bits per heavy atom. The molecule has 0 unspecified atom stereocenters. The molecule has 0 spiro atoms. The van der Waals surface area contributed by atoms with E-state index in [2.05, 4.69) is 0 Å². The van der Waals surface area contributed by atoms with Crippen molar-refractivity contribution in [3.05, 3.63) is 35.9 Å². The number of carbonyl (C=O) groups excluding carboxylic acids is 2. The predicted molar refractivity (Wildman–Crippen MR) is 87.7 cm³/mol. The number of benzene rings is 1. The van der Waals surface area contributed by atoms with E-state index in [0.29, 0.717) is 13.1 Å². The first kappa shape index (κ1) is 17.3. The molecule has 126 valence electrons. The average Bonchev–Trinajstić information content (AvgIpc) is 2.60. The summed E-state index contributed by atoms with van der Waals surface area (Å²) < 4.78 is 5.43. The van der Waals surface area contributed by atoms with Crippen molar-refractivity contribution >= 4 is 12.0 Å². The lowest BCUT2D eigenvalue weighted by molar-refractivity contribution is -0.129. The van der Waals surface area contributed by atoms with E-state index in [9.17, 15) is 9.59 Å². The van der Waals surface area contributed by atoms with E-state index in [-0.39, 0.29) is 31.2 Å². The summed E-state index contributed by atoms with van der Waals surface area (Å²) in [6, 6.07) is 9.60. The Kier molecular flexibility index (Phi) is 6.40. The van der Waals surface area contributed by atoms with Crippen LogP contribution in [-0.4, -0.2) is 54.5 Å². The Morgan fingerprint density at radius 1 is 1.30 bits per heavy atom. The Hall–Kier alpha value is -2.08.